The van der Waals surface area contributed by atoms with Crippen LogP contribution in [0.5, 0.6) is 5.75 Å². The molecule has 0 bridgehead atoms. The van der Waals surface area contributed by atoms with Crippen LogP contribution in [0, 0.1) is 5.82 Å². The van der Waals surface area contributed by atoms with Crippen molar-refractivity contribution in [2.45, 2.75) is 23.5 Å². The fraction of sp³-hybridized carbons (Fsp3) is 0.571. The van der Waals surface area contributed by atoms with Gasteiger partial charge in [-0.3, -0.25) is 0 Å². The van der Waals surface area contributed by atoms with Crippen molar-refractivity contribution in [2.75, 3.05) is 25.7 Å². The van der Waals surface area contributed by atoms with E-state index in [-0.39, 0.29) is 11.9 Å². The van der Waals surface area contributed by atoms with Crippen LogP contribution in [0.2, 0.25) is 0 Å². The van der Waals surface area contributed by atoms with E-state index in [9.17, 15) is 4.39 Å². The molecule has 5 heteroatoms. The van der Waals surface area contributed by atoms with Crippen molar-refractivity contribution in [3.8, 4) is 5.75 Å². The predicted octanol–water partition coefficient (Wildman–Crippen LogP) is 3.33. The molecule has 1 N–H and O–H groups in total. The smallest absolute Gasteiger partial charge is 0.123 e. The third kappa shape index (κ3) is 3.38. The number of nitrogens with one attached hydrogen (secondary N) is 1. The Morgan fingerprint density at radius 3 is 2.74 bits per heavy atom. The van der Waals surface area contributed by atoms with Crippen LogP contribution in [0.15, 0.2) is 18.2 Å². The largest absolute Gasteiger partial charge is 0.496 e. The summed E-state index contributed by atoms with van der Waals surface area (Å²) in [5.74, 6) is 2.88. The lowest BCUT2D eigenvalue weighted by molar-refractivity contribution is 0.398. The first-order valence-electron chi connectivity index (χ1n) is 6.41. The quantitative estimate of drug-likeness (QED) is 0.920. The first-order valence-corrected chi connectivity index (χ1v) is 8.51. The van der Waals surface area contributed by atoms with E-state index in [1.807, 2.05) is 30.6 Å². The molecular weight excluding hydrogens is 281 g/mol. The molecule has 3 atom stereocenters. The van der Waals surface area contributed by atoms with Gasteiger partial charge in [-0.25, -0.2) is 4.39 Å². The zero-order valence-electron chi connectivity index (χ0n) is 11.5. The molecule has 0 radical (unpaired) electrons. The van der Waals surface area contributed by atoms with Crippen molar-refractivity contribution >= 4 is 23.5 Å². The van der Waals surface area contributed by atoms with Gasteiger partial charge >= 0.3 is 0 Å². The van der Waals surface area contributed by atoms with Crippen molar-refractivity contribution in [2.24, 2.45) is 0 Å². The molecule has 2 nitrogen and oxygen atoms in total. The average Bonchev–Trinajstić information content (AvgIpc) is 2.42. The number of benzene rings is 1. The summed E-state index contributed by atoms with van der Waals surface area (Å²) >= 11 is 3.95. The number of methoxy groups -OCH3 is 1. The Morgan fingerprint density at radius 1 is 1.37 bits per heavy atom. The zero-order valence-corrected chi connectivity index (χ0v) is 13.1. The summed E-state index contributed by atoms with van der Waals surface area (Å²) in [6, 6.07) is 4.85. The molecule has 2 rings (SSSR count). The lowest BCUT2D eigenvalue weighted by Crippen LogP contribution is -2.36. The second-order valence-electron chi connectivity index (χ2n) is 4.56. The van der Waals surface area contributed by atoms with E-state index < -0.39 is 0 Å². The van der Waals surface area contributed by atoms with Crippen molar-refractivity contribution < 1.29 is 9.13 Å². The lowest BCUT2D eigenvalue weighted by Gasteiger charge is -2.35. The number of halogens is 1. The number of thioether (sulfide) groups is 2. The Labute approximate surface area is 122 Å². The fourth-order valence-electron chi connectivity index (χ4n) is 2.46. The van der Waals surface area contributed by atoms with Gasteiger partial charge in [-0.05, 0) is 25.2 Å². The van der Waals surface area contributed by atoms with E-state index >= 15 is 0 Å². The zero-order chi connectivity index (χ0) is 13.8. The topological polar surface area (TPSA) is 21.3 Å². The number of ether oxygens (including phenoxy) is 1. The van der Waals surface area contributed by atoms with E-state index in [0.29, 0.717) is 10.5 Å². The second-order valence-corrected chi connectivity index (χ2v) is 7.33. The number of hydrogen-bond acceptors (Lipinski definition) is 4. The standard InChI is InChI=1S/C14H20FNOS2/c1-9-14(19-7-6-18-9)13(16-2)11-8-10(15)4-5-12(11)17-3/h4-5,8-9,13-14,16H,6-7H2,1-3H3. The summed E-state index contributed by atoms with van der Waals surface area (Å²) in [7, 11) is 3.57. The van der Waals surface area contributed by atoms with Gasteiger partial charge in [0.05, 0.1) is 7.11 Å². The van der Waals surface area contributed by atoms with E-state index in [0.717, 1.165) is 17.1 Å². The second kappa shape index (κ2) is 6.86. The van der Waals surface area contributed by atoms with E-state index in [2.05, 4.69) is 12.2 Å². The Kier molecular flexibility index (Phi) is 5.42. The summed E-state index contributed by atoms with van der Waals surface area (Å²) in [6.45, 7) is 2.25. The Hall–Kier alpha value is -0.390. The summed E-state index contributed by atoms with van der Waals surface area (Å²) in [6.07, 6.45) is 0. The maximum Gasteiger partial charge on any atom is 0.123 e. The first-order chi connectivity index (χ1) is 9.17. The van der Waals surface area contributed by atoms with E-state index in [4.69, 9.17) is 4.74 Å². The van der Waals surface area contributed by atoms with Gasteiger partial charge in [0.15, 0.2) is 0 Å². The molecule has 1 saturated heterocycles. The predicted molar refractivity (Wildman–Crippen MR) is 82.9 cm³/mol. The molecular formula is C14H20FNOS2. The minimum Gasteiger partial charge on any atom is -0.496 e. The molecule has 0 amide bonds. The monoisotopic (exact) mass is 301 g/mol. The third-order valence-corrected chi connectivity index (χ3v) is 6.60. The average molecular weight is 301 g/mol. The highest BCUT2D eigenvalue weighted by atomic mass is 32.2. The molecule has 0 aliphatic carbocycles. The molecule has 1 aliphatic heterocycles. The lowest BCUT2D eigenvalue weighted by atomic mass is 10.0. The van der Waals surface area contributed by atoms with Crippen molar-refractivity contribution in [3.05, 3.63) is 29.6 Å². The van der Waals surface area contributed by atoms with Crippen LogP contribution in [-0.2, 0) is 0 Å². The highest BCUT2D eigenvalue weighted by molar-refractivity contribution is 8.07. The Bertz CT molecular complexity index is 430. The van der Waals surface area contributed by atoms with Gasteiger partial charge in [-0.2, -0.15) is 23.5 Å². The molecule has 1 aromatic rings. The summed E-state index contributed by atoms with van der Waals surface area (Å²) < 4.78 is 18.9. The molecule has 19 heavy (non-hydrogen) atoms. The fourth-order valence-corrected chi connectivity index (χ4v) is 5.44. The highest BCUT2D eigenvalue weighted by Crippen LogP contribution is 2.40. The van der Waals surface area contributed by atoms with Gasteiger partial charge in [0.1, 0.15) is 11.6 Å². The number of hydrogen-bond donors (Lipinski definition) is 1. The van der Waals surface area contributed by atoms with Crippen LogP contribution < -0.4 is 10.1 Å². The molecule has 1 aromatic carbocycles. The summed E-state index contributed by atoms with van der Waals surface area (Å²) in [5, 5.41) is 4.32. The molecule has 0 saturated carbocycles. The van der Waals surface area contributed by atoms with Crippen LogP contribution >= 0.6 is 23.5 Å². The molecule has 3 unspecified atom stereocenters. The number of rotatable bonds is 4. The van der Waals surface area contributed by atoms with Crippen LogP contribution in [-0.4, -0.2) is 36.2 Å². The van der Waals surface area contributed by atoms with Gasteiger partial charge in [0.25, 0.3) is 0 Å². The molecule has 0 aromatic heterocycles. The normalized spacial score (nSPS) is 25.1. The van der Waals surface area contributed by atoms with Gasteiger partial charge < -0.3 is 10.1 Å². The van der Waals surface area contributed by atoms with E-state index in [1.54, 1.807) is 19.2 Å². The van der Waals surface area contributed by atoms with Gasteiger partial charge in [0, 0.05) is 33.6 Å². The van der Waals surface area contributed by atoms with Gasteiger partial charge in [-0.15, -0.1) is 0 Å². The van der Waals surface area contributed by atoms with Crippen molar-refractivity contribution in [1.29, 1.82) is 0 Å². The van der Waals surface area contributed by atoms with Crippen molar-refractivity contribution in [3.63, 3.8) is 0 Å². The summed E-state index contributed by atoms with van der Waals surface area (Å²) in [4.78, 5) is 0. The van der Waals surface area contributed by atoms with Crippen LogP contribution in [0.25, 0.3) is 0 Å². The third-order valence-electron chi connectivity index (χ3n) is 3.40. The molecule has 0 spiro atoms. The van der Waals surface area contributed by atoms with Gasteiger partial charge in [-0.1, -0.05) is 6.92 Å². The molecule has 1 fully saturated rings. The molecule has 1 aliphatic rings. The van der Waals surface area contributed by atoms with Crippen molar-refractivity contribution in [1.82, 2.24) is 5.32 Å². The van der Waals surface area contributed by atoms with Crippen LogP contribution in [0.1, 0.15) is 18.5 Å². The SMILES string of the molecule is CNC(c1cc(F)ccc1OC)C1SCCSC1C. The van der Waals surface area contributed by atoms with Gasteiger partial charge in [0.2, 0.25) is 0 Å². The molecule has 106 valence electrons. The summed E-state index contributed by atoms with van der Waals surface area (Å²) in [5.41, 5.74) is 0.914. The Balaban J connectivity index is 2.32. The highest BCUT2D eigenvalue weighted by Gasteiger charge is 2.32. The van der Waals surface area contributed by atoms with E-state index in [1.165, 1.54) is 11.8 Å². The minimum atomic E-state index is -0.211. The van der Waals surface area contributed by atoms with Crippen LogP contribution in [0.4, 0.5) is 4.39 Å². The maximum absolute atomic E-state index is 13.5. The maximum atomic E-state index is 13.5. The minimum absolute atomic E-state index is 0.110. The van der Waals surface area contributed by atoms with Crippen LogP contribution in [0.3, 0.4) is 0 Å². The Morgan fingerprint density at radius 2 is 2.11 bits per heavy atom. The first kappa shape index (κ1) is 15.0. The molecule has 1 heterocycles.